The molecular formula is C16H17BrN2O2. The third kappa shape index (κ3) is 4.23. The molecule has 0 aliphatic rings. The largest absolute Gasteiger partial charge is 0.484 e. The summed E-state index contributed by atoms with van der Waals surface area (Å²) in [7, 11) is 0. The van der Waals surface area contributed by atoms with Crippen LogP contribution in [0.1, 0.15) is 11.1 Å². The van der Waals surface area contributed by atoms with Crippen molar-refractivity contribution in [3.63, 3.8) is 0 Å². The first-order chi connectivity index (χ1) is 9.95. The molecule has 5 heteroatoms. The molecule has 21 heavy (non-hydrogen) atoms. The Labute approximate surface area is 132 Å². The van der Waals surface area contributed by atoms with Crippen LogP contribution in [0.5, 0.6) is 5.75 Å². The van der Waals surface area contributed by atoms with Crippen molar-refractivity contribution in [3.8, 4) is 5.75 Å². The summed E-state index contributed by atoms with van der Waals surface area (Å²) < 4.78 is 6.47. The number of carbonyl (C=O) groups is 1. The summed E-state index contributed by atoms with van der Waals surface area (Å²) in [6.45, 7) is 3.83. The smallest absolute Gasteiger partial charge is 0.262 e. The molecule has 0 atom stereocenters. The average Bonchev–Trinajstić information content (AvgIpc) is 2.44. The number of benzene rings is 2. The number of nitrogen functional groups attached to an aromatic ring is 1. The zero-order valence-corrected chi connectivity index (χ0v) is 13.5. The second-order valence-electron chi connectivity index (χ2n) is 4.82. The molecule has 2 aromatic carbocycles. The number of hydrogen-bond donors (Lipinski definition) is 2. The number of halogens is 1. The van der Waals surface area contributed by atoms with Crippen LogP contribution in [0.4, 0.5) is 11.4 Å². The summed E-state index contributed by atoms with van der Waals surface area (Å²) in [4.78, 5) is 11.8. The third-order valence-electron chi connectivity index (χ3n) is 3.06. The topological polar surface area (TPSA) is 64.3 Å². The minimum atomic E-state index is -0.223. The fourth-order valence-electron chi connectivity index (χ4n) is 1.77. The Morgan fingerprint density at radius 1 is 1.19 bits per heavy atom. The van der Waals surface area contributed by atoms with Gasteiger partial charge in [0, 0.05) is 15.8 Å². The number of anilines is 2. The Kier molecular flexibility index (Phi) is 4.85. The van der Waals surface area contributed by atoms with E-state index in [1.165, 1.54) is 0 Å². The highest BCUT2D eigenvalue weighted by Gasteiger charge is 2.05. The first kappa shape index (κ1) is 15.4. The van der Waals surface area contributed by atoms with Gasteiger partial charge in [0.1, 0.15) is 5.75 Å². The molecular weight excluding hydrogens is 332 g/mol. The van der Waals surface area contributed by atoms with E-state index in [4.69, 9.17) is 10.5 Å². The normalized spacial score (nSPS) is 10.2. The molecule has 0 heterocycles. The van der Waals surface area contributed by atoms with Gasteiger partial charge in [-0.25, -0.2) is 0 Å². The second-order valence-corrected chi connectivity index (χ2v) is 5.67. The first-order valence-electron chi connectivity index (χ1n) is 6.50. The van der Waals surface area contributed by atoms with Crippen LogP contribution in [0.2, 0.25) is 0 Å². The molecule has 0 saturated carbocycles. The summed E-state index contributed by atoms with van der Waals surface area (Å²) >= 11 is 3.42. The lowest BCUT2D eigenvalue weighted by Gasteiger charge is -2.09. The van der Waals surface area contributed by atoms with E-state index in [0.717, 1.165) is 15.6 Å². The number of aryl methyl sites for hydroxylation is 2. The number of hydrogen-bond acceptors (Lipinski definition) is 3. The van der Waals surface area contributed by atoms with Crippen LogP contribution in [0, 0.1) is 13.8 Å². The molecule has 0 aromatic heterocycles. The maximum absolute atomic E-state index is 11.8. The van der Waals surface area contributed by atoms with Gasteiger partial charge in [0.15, 0.2) is 6.61 Å². The van der Waals surface area contributed by atoms with E-state index >= 15 is 0 Å². The highest BCUT2D eigenvalue weighted by Crippen LogP contribution is 2.21. The van der Waals surface area contributed by atoms with Crippen molar-refractivity contribution in [1.29, 1.82) is 0 Å². The Hall–Kier alpha value is -2.01. The van der Waals surface area contributed by atoms with E-state index < -0.39 is 0 Å². The minimum absolute atomic E-state index is 0.0468. The van der Waals surface area contributed by atoms with Crippen LogP contribution in [0.3, 0.4) is 0 Å². The standard InChI is InChI=1S/C16H17BrN2O2/c1-10-3-4-12(8-15(10)18)19-16(20)9-21-13-5-6-14(17)11(2)7-13/h3-8H,9,18H2,1-2H3,(H,19,20). The molecule has 0 saturated heterocycles. The summed E-state index contributed by atoms with van der Waals surface area (Å²) in [6.07, 6.45) is 0. The lowest BCUT2D eigenvalue weighted by molar-refractivity contribution is -0.118. The van der Waals surface area contributed by atoms with Crippen molar-refractivity contribution in [1.82, 2.24) is 0 Å². The zero-order valence-electron chi connectivity index (χ0n) is 11.9. The number of nitrogens with one attached hydrogen (secondary N) is 1. The fourth-order valence-corrected chi connectivity index (χ4v) is 2.02. The van der Waals surface area contributed by atoms with E-state index in [1.54, 1.807) is 6.07 Å². The van der Waals surface area contributed by atoms with E-state index in [2.05, 4.69) is 21.2 Å². The molecule has 0 radical (unpaired) electrons. The highest BCUT2D eigenvalue weighted by atomic mass is 79.9. The van der Waals surface area contributed by atoms with Crippen LogP contribution in [-0.4, -0.2) is 12.5 Å². The van der Waals surface area contributed by atoms with Crippen molar-refractivity contribution in [2.45, 2.75) is 13.8 Å². The van der Waals surface area contributed by atoms with Gasteiger partial charge in [0.25, 0.3) is 5.91 Å². The summed E-state index contributed by atoms with van der Waals surface area (Å²) in [5.41, 5.74) is 9.16. The Morgan fingerprint density at radius 2 is 1.95 bits per heavy atom. The maximum atomic E-state index is 11.8. The van der Waals surface area contributed by atoms with Gasteiger partial charge in [0.2, 0.25) is 0 Å². The van der Waals surface area contributed by atoms with Crippen LogP contribution in [0.25, 0.3) is 0 Å². The summed E-state index contributed by atoms with van der Waals surface area (Å²) in [5, 5.41) is 2.75. The molecule has 0 unspecified atom stereocenters. The highest BCUT2D eigenvalue weighted by molar-refractivity contribution is 9.10. The first-order valence-corrected chi connectivity index (χ1v) is 7.30. The van der Waals surface area contributed by atoms with Crippen molar-refractivity contribution < 1.29 is 9.53 Å². The van der Waals surface area contributed by atoms with Crippen molar-refractivity contribution in [3.05, 3.63) is 52.0 Å². The van der Waals surface area contributed by atoms with Gasteiger partial charge in [0.05, 0.1) is 0 Å². The quantitative estimate of drug-likeness (QED) is 0.828. The van der Waals surface area contributed by atoms with Gasteiger partial charge in [-0.15, -0.1) is 0 Å². The number of rotatable bonds is 4. The van der Waals surface area contributed by atoms with Crippen molar-refractivity contribution in [2.24, 2.45) is 0 Å². The van der Waals surface area contributed by atoms with Gasteiger partial charge in [-0.3, -0.25) is 4.79 Å². The number of ether oxygens (including phenoxy) is 1. The predicted molar refractivity (Wildman–Crippen MR) is 88.6 cm³/mol. The predicted octanol–water partition coefficient (Wildman–Crippen LogP) is 3.67. The fraction of sp³-hybridized carbons (Fsp3) is 0.188. The molecule has 0 fully saturated rings. The van der Waals surface area contributed by atoms with Crippen molar-refractivity contribution >= 4 is 33.2 Å². The van der Waals surface area contributed by atoms with Crippen molar-refractivity contribution in [2.75, 3.05) is 17.7 Å². The molecule has 2 aromatic rings. The maximum Gasteiger partial charge on any atom is 0.262 e. The molecule has 0 bridgehead atoms. The Morgan fingerprint density at radius 3 is 2.62 bits per heavy atom. The van der Waals surface area contributed by atoms with Gasteiger partial charge in [-0.1, -0.05) is 22.0 Å². The molecule has 0 spiro atoms. The molecule has 110 valence electrons. The monoisotopic (exact) mass is 348 g/mol. The number of amides is 1. The van der Waals surface area contributed by atoms with Crippen LogP contribution in [-0.2, 0) is 4.79 Å². The van der Waals surface area contributed by atoms with E-state index in [9.17, 15) is 4.79 Å². The average molecular weight is 349 g/mol. The molecule has 0 aliphatic heterocycles. The van der Waals surface area contributed by atoms with E-state index in [-0.39, 0.29) is 12.5 Å². The summed E-state index contributed by atoms with van der Waals surface area (Å²) in [5.74, 6) is 0.438. The van der Waals surface area contributed by atoms with Crippen LogP contribution < -0.4 is 15.8 Å². The van der Waals surface area contributed by atoms with Gasteiger partial charge >= 0.3 is 0 Å². The SMILES string of the molecule is Cc1ccc(NC(=O)COc2ccc(Br)c(C)c2)cc1N. The third-order valence-corrected chi connectivity index (χ3v) is 3.95. The van der Waals surface area contributed by atoms with E-state index in [0.29, 0.717) is 17.1 Å². The minimum Gasteiger partial charge on any atom is -0.484 e. The molecule has 1 amide bonds. The van der Waals surface area contributed by atoms with Gasteiger partial charge in [-0.2, -0.15) is 0 Å². The van der Waals surface area contributed by atoms with Gasteiger partial charge in [-0.05, 0) is 55.3 Å². The molecule has 2 rings (SSSR count). The molecule has 0 aliphatic carbocycles. The van der Waals surface area contributed by atoms with E-state index in [1.807, 2.05) is 44.2 Å². The zero-order chi connectivity index (χ0) is 15.4. The Balaban J connectivity index is 1.92. The number of nitrogens with two attached hydrogens (primary N) is 1. The molecule has 3 N–H and O–H groups in total. The molecule has 4 nitrogen and oxygen atoms in total. The lowest BCUT2D eigenvalue weighted by Crippen LogP contribution is -2.20. The lowest BCUT2D eigenvalue weighted by atomic mass is 10.2. The Bertz CT molecular complexity index is 671. The van der Waals surface area contributed by atoms with Crippen LogP contribution >= 0.6 is 15.9 Å². The van der Waals surface area contributed by atoms with Crippen LogP contribution in [0.15, 0.2) is 40.9 Å². The second kappa shape index (κ2) is 6.63. The number of carbonyl (C=O) groups excluding carboxylic acids is 1. The summed E-state index contributed by atoms with van der Waals surface area (Å²) in [6, 6.07) is 11.0. The van der Waals surface area contributed by atoms with Gasteiger partial charge < -0.3 is 15.8 Å².